The highest BCUT2D eigenvalue weighted by molar-refractivity contribution is 7.89. The van der Waals surface area contributed by atoms with Gasteiger partial charge in [0.2, 0.25) is 10.0 Å². The zero-order valence-electron chi connectivity index (χ0n) is 8.82. The molecule has 1 aromatic carbocycles. The van der Waals surface area contributed by atoms with Crippen LogP contribution in [0.25, 0.3) is 0 Å². The summed E-state index contributed by atoms with van der Waals surface area (Å²) in [5.74, 6) is -0.647. The predicted octanol–water partition coefficient (Wildman–Crippen LogP) is -0.448. The highest BCUT2D eigenvalue weighted by Crippen LogP contribution is 2.21. The van der Waals surface area contributed by atoms with Gasteiger partial charge in [-0.05, 0) is 18.2 Å². The largest absolute Gasteiger partial charge is 0.389 e. The fourth-order valence-electron chi connectivity index (χ4n) is 1.71. The molecule has 0 bridgehead atoms. The predicted molar refractivity (Wildman–Crippen MR) is 57.2 cm³/mol. The maximum absolute atomic E-state index is 13.0. The topological polar surface area (TPSA) is 77.8 Å². The van der Waals surface area contributed by atoms with Gasteiger partial charge in [-0.25, -0.2) is 12.8 Å². The van der Waals surface area contributed by atoms with E-state index in [2.05, 4.69) is 0 Å². The lowest BCUT2D eigenvalue weighted by molar-refractivity contribution is 0.0572. The first kappa shape index (κ1) is 12.4. The first-order valence-electron chi connectivity index (χ1n) is 5.03. The molecule has 1 aliphatic rings. The quantitative estimate of drug-likeness (QED) is 0.756. The highest BCUT2D eigenvalue weighted by atomic mass is 32.2. The summed E-state index contributed by atoms with van der Waals surface area (Å²) < 4.78 is 37.9. The molecule has 0 spiro atoms. The summed E-state index contributed by atoms with van der Waals surface area (Å²) in [6.07, 6.45) is -2.20. The van der Waals surface area contributed by atoms with Gasteiger partial charge >= 0.3 is 0 Å². The van der Waals surface area contributed by atoms with E-state index in [-0.39, 0.29) is 18.0 Å². The van der Waals surface area contributed by atoms with Gasteiger partial charge < -0.3 is 10.2 Å². The molecule has 0 radical (unpaired) electrons. The van der Waals surface area contributed by atoms with Gasteiger partial charge in [0, 0.05) is 13.1 Å². The Morgan fingerprint density at radius 3 is 2.35 bits per heavy atom. The smallest absolute Gasteiger partial charge is 0.243 e. The van der Waals surface area contributed by atoms with Crippen molar-refractivity contribution < 1.29 is 23.0 Å². The molecule has 0 amide bonds. The number of aliphatic hydroxyl groups excluding tert-OH is 2. The van der Waals surface area contributed by atoms with E-state index < -0.39 is 28.0 Å². The summed E-state index contributed by atoms with van der Waals surface area (Å²) in [6, 6.07) is 4.62. The van der Waals surface area contributed by atoms with Gasteiger partial charge in [0.1, 0.15) is 5.82 Å². The van der Waals surface area contributed by atoms with E-state index in [4.69, 9.17) is 0 Å². The molecular formula is C10H12FNO4S. The number of nitrogens with zero attached hydrogens (tertiary/aromatic N) is 1. The first-order chi connectivity index (χ1) is 7.91. The molecule has 1 heterocycles. The van der Waals surface area contributed by atoms with Gasteiger partial charge in [-0.1, -0.05) is 6.07 Å². The normalized spacial score (nSPS) is 26.3. The average molecular weight is 261 g/mol. The Morgan fingerprint density at radius 2 is 1.82 bits per heavy atom. The van der Waals surface area contributed by atoms with Crippen molar-refractivity contribution in [1.82, 2.24) is 4.31 Å². The third kappa shape index (κ3) is 2.32. The van der Waals surface area contributed by atoms with E-state index in [0.29, 0.717) is 0 Å². The molecule has 5 nitrogen and oxygen atoms in total. The molecule has 0 unspecified atom stereocenters. The van der Waals surface area contributed by atoms with E-state index in [1.807, 2.05) is 0 Å². The van der Waals surface area contributed by atoms with Crippen LogP contribution in [-0.2, 0) is 10.0 Å². The van der Waals surface area contributed by atoms with Crippen molar-refractivity contribution in [3.8, 4) is 0 Å². The van der Waals surface area contributed by atoms with Crippen molar-refractivity contribution in [1.29, 1.82) is 0 Å². The third-order valence-electron chi connectivity index (χ3n) is 2.66. The second kappa shape index (κ2) is 4.34. The van der Waals surface area contributed by atoms with Crippen LogP contribution in [0.15, 0.2) is 29.2 Å². The first-order valence-corrected chi connectivity index (χ1v) is 6.47. The van der Waals surface area contributed by atoms with Crippen LogP contribution < -0.4 is 0 Å². The van der Waals surface area contributed by atoms with E-state index in [9.17, 15) is 23.0 Å². The lowest BCUT2D eigenvalue weighted by atomic mass is 10.3. The number of β-amino-alcohol motifs (C(OH)–C–C–N with tert-alkyl or cyclic N) is 2. The Balaban J connectivity index is 2.32. The second-order valence-corrected chi connectivity index (χ2v) is 5.85. The monoisotopic (exact) mass is 261 g/mol. The van der Waals surface area contributed by atoms with Crippen molar-refractivity contribution >= 4 is 10.0 Å². The number of benzene rings is 1. The van der Waals surface area contributed by atoms with Gasteiger partial charge in [0.25, 0.3) is 0 Å². The standard InChI is InChI=1S/C10H12FNO4S/c11-7-2-1-3-8(4-7)17(15,16)12-5-9(13)10(14)6-12/h1-4,9-10,13-14H,5-6H2/t9-,10+. The Kier molecular flexibility index (Phi) is 3.17. The van der Waals surface area contributed by atoms with Crippen LogP contribution in [0, 0.1) is 5.82 Å². The molecule has 2 N–H and O–H groups in total. The van der Waals surface area contributed by atoms with E-state index >= 15 is 0 Å². The zero-order valence-corrected chi connectivity index (χ0v) is 9.64. The van der Waals surface area contributed by atoms with Crippen LogP contribution in [0.3, 0.4) is 0 Å². The molecule has 7 heteroatoms. The number of halogens is 1. The lowest BCUT2D eigenvalue weighted by Gasteiger charge is -2.15. The Morgan fingerprint density at radius 1 is 1.24 bits per heavy atom. The third-order valence-corrected chi connectivity index (χ3v) is 4.49. The molecule has 94 valence electrons. The van der Waals surface area contributed by atoms with Gasteiger partial charge in [-0.15, -0.1) is 0 Å². The molecule has 1 aliphatic heterocycles. The highest BCUT2D eigenvalue weighted by Gasteiger charge is 2.37. The lowest BCUT2D eigenvalue weighted by Crippen LogP contribution is -2.30. The fourth-order valence-corrected chi connectivity index (χ4v) is 3.22. The fraction of sp³-hybridized carbons (Fsp3) is 0.400. The Labute approximate surface area is 98.2 Å². The van der Waals surface area contributed by atoms with Crippen molar-refractivity contribution in [2.75, 3.05) is 13.1 Å². The minimum Gasteiger partial charge on any atom is -0.389 e. The maximum atomic E-state index is 13.0. The second-order valence-electron chi connectivity index (χ2n) is 3.91. The Bertz CT molecular complexity index is 509. The minimum atomic E-state index is -3.85. The molecule has 17 heavy (non-hydrogen) atoms. The van der Waals surface area contributed by atoms with Crippen LogP contribution in [0.1, 0.15) is 0 Å². The van der Waals surface area contributed by atoms with Crippen molar-refractivity contribution in [3.05, 3.63) is 30.1 Å². The number of sulfonamides is 1. The summed E-state index contributed by atoms with van der Waals surface area (Å²) in [6.45, 7) is -0.361. The Hall–Kier alpha value is -1.02. The van der Waals surface area contributed by atoms with Gasteiger partial charge in [-0.2, -0.15) is 4.31 Å². The van der Waals surface area contributed by atoms with Crippen LogP contribution in [0.2, 0.25) is 0 Å². The molecule has 2 atom stereocenters. The molecule has 1 fully saturated rings. The maximum Gasteiger partial charge on any atom is 0.243 e. The molecule has 0 aromatic heterocycles. The number of rotatable bonds is 2. The van der Waals surface area contributed by atoms with Crippen LogP contribution in [-0.4, -0.2) is 48.2 Å². The van der Waals surface area contributed by atoms with Crippen LogP contribution in [0.5, 0.6) is 0 Å². The molecular weight excluding hydrogens is 249 g/mol. The molecule has 2 rings (SSSR count). The molecule has 1 saturated heterocycles. The van der Waals surface area contributed by atoms with E-state index in [1.54, 1.807) is 0 Å². The number of hydrogen-bond acceptors (Lipinski definition) is 4. The molecule has 0 aliphatic carbocycles. The van der Waals surface area contributed by atoms with Gasteiger partial charge in [0.15, 0.2) is 0 Å². The van der Waals surface area contributed by atoms with Crippen LogP contribution in [0.4, 0.5) is 4.39 Å². The number of hydrogen-bond donors (Lipinski definition) is 2. The summed E-state index contributed by atoms with van der Waals surface area (Å²) in [5.41, 5.74) is 0. The average Bonchev–Trinajstić information content (AvgIpc) is 2.60. The van der Waals surface area contributed by atoms with Crippen molar-refractivity contribution in [3.63, 3.8) is 0 Å². The van der Waals surface area contributed by atoms with Gasteiger partial charge in [0.05, 0.1) is 17.1 Å². The number of aliphatic hydroxyl groups is 2. The molecule has 1 aromatic rings. The van der Waals surface area contributed by atoms with E-state index in [1.165, 1.54) is 12.1 Å². The van der Waals surface area contributed by atoms with Crippen molar-refractivity contribution in [2.24, 2.45) is 0 Å². The summed E-state index contributed by atoms with van der Waals surface area (Å²) in [4.78, 5) is -0.182. The molecule has 0 saturated carbocycles. The SMILES string of the molecule is O=S(=O)(c1cccc(F)c1)N1C[C@@H](O)[C@@H](O)C1. The zero-order chi connectivity index (χ0) is 12.6. The van der Waals surface area contributed by atoms with Gasteiger partial charge in [-0.3, -0.25) is 0 Å². The summed E-state index contributed by atoms with van der Waals surface area (Å²) in [5, 5.41) is 18.6. The minimum absolute atomic E-state index is 0.181. The van der Waals surface area contributed by atoms with Crippen molar-refractivity contribution in [2.45, 2.75) is 17.1 Å². The van der Waals surface area contributed by atoms with Crippen LogP contribution >= 0.6 is 0 Å². The van der Waals surface area contributed by atoms with E-state index in [0.717, 1.165) is 16.4 Å². The summed E-state index contributed by atoms with van der Waals surface area (Å²) >= 11 is 0. The summed E-state index contributed by atoms with van der Waals surface area (Å²) in [7, 11) is -3.85.